The van der Waals surface area contributed by atoms with E-state index in [0.717, 1.165) is 10.1 Å². The van der Waals surface area contributed by atoms with Crippen LogP contribution in [0.5, 0.6) is 5.75 Å². The van der Waals surface area contributed by atoms with Crippen LogP contribution in [0.3, 0.4) is 0 Å². The van der Waals surface area contributed by atoms with Gasteiger partial charge >= 0.3 is 5.63 Å². The van der Waals surface area contributed by atoms with E-state index in [9.17, 15) is 9.90 Å². The van der Waals surface area contributed by atoms with Crippen molar-refractivity contribution >= 4 is 32.4 Å². The van der Waals surface area contributed by atoms with Crippen molar-refractivity contribution in [2.24, 2.45) is 0 Å². The van der Waals surface area contributed by atoms with Gasteiger partial charge in [0.05, 0.1) is 5.39 Å². The van der Waals surface area contributed by atoms with Crippen LogP contribution in [-0.4, -0.2) is 5.11 Å². The second-order valence-corrected chi connectivity index (χ2v) is 5.84. The fraction of sp³-hybridized carbons (Fsp3) is 0. The minimum absolute atomic E-state index is 0.0200. The zero-order valence-electron chi connectivity index (χ0n) is 10.9. The molecule has 2 aromatic carbocycles. The summed E-state index contributed by atoms with van der Waals surface area (Å²) < 4.78 is 6.38. The van der Waals surface area contributed by atoms with Gasteiger partial charge in [-0.2, -0.15) is 0 Å². The number of fused-ring (bicyclic) bond motifs is 2. The van der Waals surface area contributed by atoms with Gasteiger partial charge in [0.1, 0.15) is 16.9 Å². The van der Waals surface area contributed by atoms with Crippen LogP contribution in [0.4, 0.5) is 0 Å². The highest BCUT2D eigenvalue weighted by Crippen LogP contribution is 2.38. The summed E-state index contributed by atoms with van der Waals surface area (Å²) >= 11 is 1.47. The molecule has 0 aliphatic carbocycles. The topological polar surface area (TPSA) is 50.4 Å². The molecule has 0 amide bonds. The van der Waals surface area contributed by atoms with Crippen molar-refractivity contribution in [1.29, 1.82) is 0 Å². The van der Waals surface area contributed by atoms with Gasteiger partial charge in [0.15, 0.2) is 0 Å². The Balaban J connectivity index is 2.08. The van der Waals surface area contributed by atoms with E-state index < -0.39 is 5.63 Å². The number of hydrogen-bond donors (Lipinski definition) is 1. The van der Waals surface area contributed by atoms with E-state index in [2.05, 4.69) is 0 Å². The molecule has 4 rings (SSSR count). The molecule has 4 aromatic rings. The molecular weight excluding hydrogens is 284 g/mol. The molecule has 21 heavy (non-hydrogen) atoms. The van der Waals surface area contributed by atoms with Gasteiger partial charge in [0.25, 0.3) is 0 Å². The monoisotopic (exact) mass is 294 g/mol. The van der Waals surface area contributed by atoms with Crippen LogP contribution in [0, 0.1) is 0 Å². The summed E-state index contributed by atoms with van der Waals surface area (Å²) in [6.45, 7) is 0. The molecule has 4 heteroatoms. The molecule has 0 atom stereocenters. The predicted molar refractivity (Wildman–Crippen MR) is 85.0 cm³/mol. The second kappa shape index (κ2) is 4.46. The van der Waals surface area contributed by atoms with Crippen LogP contribution in [0.1, 0.15) is 0 Å². The molecule has 0 radical (unpaired) electrons. The van der Waals surface area contributed by atoms with E-state index in [1.807, 2.05) is 30.3 Å². The summed E-state index contributed by atoms with van der Waals surface area (Å²) in [4.78, 5) is 12.9. The Morgan fingerprint density at radius 2 is 1.76 bits per heavy atom. The summed E-state index contributed by atoms with van der Waals surface area (Å²) in [5.41, 5.74) is 0.109. The van der Waals surface area contributed by atoms with Crippen molar-refractivity contribution in [3.05, 3.63) is 65.0 Å². The number of rotatable bonds is 1. The molecule has 0 aliphatic heterocycles. The number of hydrogen-bond acceptors (Lipinski definition) is 4. The van der Waals surface area contributed by atoms with Crippen LogP contribution in [-0.2, 0) is 0 Å². The number of para-hydroxylation sites is 1. The first-order valence-electron chi connectivity index (χ1n) is 6.48. The van der Waals surface area contributed by atoms with Crippen molar-refractivity contribution in [3.8, 4) is 16.2 Å². The summed E-state index contributed by atoms with van der Waals surface area (Å²) in [6.07, 6.45) is 0. The number of aromatic hydroxyl groups is 1. The molecule has 0 saturated heterocycles. The molecule has 0 aliphatic rings. The molecule has 0 spiro atoms. The lowest BCUT2D eigenvalue weighted by molar-refractivity contribution is 0.471. The standard InChI is InChI=1S/C17H10O3S/c18-16-11-6-2-3-7-12(11)20-17(19)15(16)14-9-10-5-1-4-8-13(10)21-14/h1-9,18H. The lowest BCUT2D eigenvalue weighted by atomic mass is 10.1. The minimum Gasteiger partial charge on any atom is -0.506 e. The van der Waals surface area contributed by atoms with Gasteiger partial charge in [-0.25, -0.2) is 4.79 Å². The zero-order valence-corrected chi connectivity index (χ0v) is 11.7. The van der Waals surface area contributed by atoms with Crippen LogP contribution >= 0.6 is 11.3 Å². The zero-order chi connectivity index (χ0) is 14.4. The summed E-state index contributed by atoms with van der Waals surface area (Å²) in [6, 6.07) is 16.8. The van der Waals surface area contributed by atoms with Gasteiger partial charge in [0.2, 0.25) is 0 Å². The third kappa shape index (κ3) is 1.84. The highest BCUT2D eigenvalue weighted by molar-refractivity contribution is 7.22. The largest absolute Gasteiger partial charge is 0.506 e. The first-order chi connectivity index (χ1) is 10.2. The van der Waals surface area contributed by atoms with Crippen LogP contribution in [0.25, 0.3) is 31.5 Å². The summed E-state index contributed by atoms with van der Waals surface area (Å²) in [5.74, 6) is -0.0200. The van der Waals surface area contributed by atoms with Gasteiger partial charge in [-0.1, -0.05) is 30.3 Å². The van der Waals surface area contributed by atoms with Gasteiger partial charge in [-0.15, -0.1) is 11.3 Å². The molecule has 0 bridgehead atoms. The van der Waals surface area contributed by atoms with Crippen molar-refractivity contribution in [2.75, 3.05) is 0 Å². The number of thiophene rings is 1. The average Bonchev–Trinajstić information content (AvgIpc) is 2.90. The van der Waals surface area contributed by atoms with Crippen molar-refractivity contribution < 1.29 is 9.52 Å². The summed E-state index contributed by atoms with van der Waals surface area (Å²) in [5, 5.41) is 12.0. The maximum Gasteiger partial charge on any atom is 0.348 e. The lowest BCUT2D eigenvalue weighted by Gasteiger charge is -2.03. The fourth-order valence-corrected chi connectivity index (χ4v) is 3.55. The van der Waals surface area contributed by atoms with E-state index in [-0.39, 0.29) is 11.3 Å². The van der Waals surface area contributed by atoms with Crippen LogP contribution < -0.4 is 5.63 Å². The molecule has 0 unspecified atom stereocenters. The van der Waals surface area contributed by atoms with Gasteiger partial charge in [-0.3, -0.25) is 0 Å². The third-order valence-electron chi connectivity index (χ3n) is 3.46. The van der Waals surface area contributed by atoms with Gasteiger partial charge in [-0.05, 0) is 29.7 Å². The second-order valence-electron chi connectivity index (χ2n) is 4.76. The Hall–Kier alpha value is -2.59. The molecule has 2 heterocycles. The van der Waals surface area contributed by atoms with Crippen molar-refractivity contribution in [3.63, 3.8) is 0 Å². The third-order valence-corrected chi connectivity index (χ3v) is 4.59. The molecule has 0 fully saturated rings. The van der Waals surface area contributed by atoms with E-state index in [0.29, 0.717) is 15.8 Å². The first kappa shape index (κ1) is 12.2. The fourth-order valence-electron chi connectivity index (χ4n) is 2.46. The highest BCUT2D eigenvalue weighted by Gasteiger charge is 2.17. The molecule has 102 valence electrons. The highest BCUT2D eigenvalue weighted by atomic mass is 32.1. The SMILES string of the molecule is O=c1oc2ccccc2c(O)c1-c1cc2ccccc2s1. The molecule has 0 saturated carbocycles. The smallest absolute Gasteiger partial charge is 0.348 e. The average molecular weight is 294 g/mol. The van der Waals surface area contributed by atoms with E-state index >= 15 is 0 Å². The maximum absolute atomic E-state index is 12.2. The Bertz CT molecular complexity index is 994. The van der Waals surface area contributed by atoms with Crippen LogP contribution in [0.15, 0.2) is 63.8 Å². The molecule has 3 nitrogen and oxygen atoms in total. The molecule has 1 N–H and O–H groups in total. The van der Waals surface area contributed by atoms with Crippen molar-refractivity contribution in [1.82, 2.24) is 0 Å². The summed E-state index contributed by atoms with van der Waals surface area (Å²) in [7, 11) is 0. The van der Waals surface area contributed by atoms with E-state index in [1.165, 1.54) is 11.3 Å². The van der Waals surface area contributed by atoms with Gasteiger partial charge in [0, 0.05) is 9.58 Å². The molecule has 2 aromatic heterocycles. The normalized spacial score (nSPS) is 11.2. The first-order valence-corrected chi connectivity index (χ1v) is 7.29. The maximum atomic E-state index is 12.2. The Morgan fingerprint density at radius 3 is 2.62 bits per heavy atom. The van der Waals surface area contributed by atoms with Crippen molar-refractivity contribution in [2.45, 2.75) is 0 Å². The van der Waals surface area contributed by atoms with Gasteiger partial charge < -0.3 is 9.52 Å². The minimum atomic E-state index is -0.516. The Labute approximate surface area is 123 Å². The molecular formula is C17H10O3S. The van der Waals surface area contributed by atoms with E-state index in [1.54, 1.807) is 24.3 Å². The quantitative estimate of drug-likeness (QED) is 0.530. The Morgan fingerprint density at radius 1 is 1.00 bits per heavy atom. The van der Waals surface area contributed by atoms with Crippen LogP contribution in [0.2, 0.25) is 0 Å². The lowest BCUT2D eigenvalue weighted by Crippen LogP contribution is -2.02. The number of benzene rings is 2. The Kier molecular flexibility index (Phi) is 2.59. The predicted octanol–water partition coefficient (Wildman–Crippen LogP) is 4.38. The van der Waals surface area contributed by atoms with E-state index in [4.69, 9.17) is 4.42 Å².